The van der Waals surface area contributed by atoms with Gasteiger partial charge in [0.25, 0.3) is 0 Å². The van der Waals surface area contributed by atoms with Crippen molar-refractivity contribution in [3.8, 4) is 5.69 Å². The number of benzene rings is 2. The summed E-state index contributed by atoms with van der Waals surface area (Å²) in [4.78, 5) is 7.54. The first-order valence-electron chi connectivity index (χ1n) is 12.9. The fraction of sp³-hybridized carbons (Fsp3) is 0.483. The van der Waals surface area contributed by atoms with Crippen LogP contribution in [0.4, 0.5) is 5.82 Å². The van der Waals surface area contributed by atoms with Gasteiger partial charge in [-0.15, -0.1) is 0 Å². The Morgan fingerprint density at radius 1 is 0.853 bits per heavy atom. The molecule has 5 nitrogen and oxygen atoms in total. The monoisotopic (exact) mass is 459 g/mol. The van der Waals surface area contributed by atoms with E-state index >= 15 is 0 Å². The molecule has 2 heterocycles. The molecule has 1 saturated heterocycles. The standard InChI is InChI=1S/C29H41N5/c1-6-24-12-14-25(15-13-24)21-32(8-3)22-27-28(7-2)30-34(26-11-9-10-23(4)20-26)29(27)33-18-16-31(5)17-19-33/h9-15,20H,6-8,16-19,21-22H2,1-5H3. The number of anilines is 1. The van der Waals surface area contributed by atoms with E-state index < -0.39 is 0 Å². The maximum absolute atomic E-state index is 5.19. The van der Waals surface area contributed by atoms with Crippen molar-refractivity contribution < 1.29 is 0 Å². The lowest BCUT2D eigenvalue weighted by molar-refractivity contribution is 0.270. The molecule has 1 aliphatic heterocycles. The molecule has 1 fully saturated rings. The lowest BCUT2D eigenvalue weighted by Crippen LogP contribution is -2.45. The molecule has 1 aromatic heterocycles. The van der Waals surface area contributed by atoms with E-state index in [1.807, 2.05) is 0 Å². The summed E-state index contributed by atoms with van der Waals surface area (Å²) in [6, 6.07) is 17.9. The molecule has 0 spiro atoms. The summed E-state index contributed by atoms with van der Waals surface area (Å²) in [6.07, 6.45) is 2.03. The number of nitrogens with zero attached hydrogens (tertiary/aromatic N) is 5. The van der Waals surface area contributed by atoms with Crippen LogP contribution in [0, 0.1) is 6.92 Å². The van der Waals surface area contributed by atoms with Gasteiger partial charge < -0.3 is 9.80 Å². The Bertz CT molecular complexity index is 1060. The topological polar surface area (TPSA) is 27.5 Å². The van der Waals surface area contributed by atoms with Crippen molar-refractivity contribution in [2.24, 2.45) is 0 Å². The number of piperazine rings is 1. The second-order valence-corrected chi connectivity index (χ2v) is 9.62. The van der Waals surface area contributed by atoms with Gasteiger partial charge in [-0.3, -0.25) is 4.90 Å². The van der Waals surface area contributed by atoms with Crippen LogP contribution >= 0.6 is 0 Å². The molecule has 0 radical (unpaired) electrons. The third-order valence-electron chi connectivity index (χ3n) is 7.09. The minimum absolute atomic E-state index is 0.919. The molecule has 4 rings (SSSR count). The highest BCUT2D eigenvalue weighted by Gasteiger charge is 2.26. The SMILES string of the molecule is CCc1ccc(CN(CC)Cc2c(CC)nn(-c3cccc(C)c3)c2N2CCN(C)CC2)cc1. The third-order valence-corrected chi connectivity index (χ3v) is 7.09. The Kier molecular flexibility index (Phi) is 8.07. The summed E-state index contributed by atoms with van der Waals surface area (Å²) in [7, 11) is 2.22. The lowest BCUT2D eigenvalue weighted by Gasteiger charge is -2.35. The number of hydrogen-bond donors (Lipinski definition) is 0. The molecule has 1 aliphatic rings. The third kappa shape index (κ3) is 5.53. The Labute approximate surface area is 206 Å². The summed E-state index contributed by atoms with van der Waals surface area (Å²) in [5.74, 6) is 1.29. The highest BCUT2D eigenvalue weighted by atomic mass is 15.4. The van der Waals surface area contributed by atoms with Gasteiger partial charge in [0.2, 0.25) is 0 Å². The Balaban J connectivity index is 1.70. The summed E-state index contributed by atoms with van der Waals surface area (Å²) in [5, 5.41) is 5.19. The zero-order chi connectivity index (χ0) is 24.1. The van der Waals surface area contributed by atoms with E-state index in [0.29, 0.717) is 0 Å². The maximum atomic E-state index is 5.19. The van der Waals surface area contributed by atoms with Crippen LogP contribution in [-0.2, 0) is 25.9 Å². The molecule has 3 aromatic rings. The predicted octanol–water partition coefficient (Wildman–Crippen LogP) is 5.08. The van der Waals surface area contributed by atoms with Crippen LogP contribution in [0.15, 0.2) is 48.5 Å². The van der Waals surface area contributed by atoms with E-state index in [1.165, 1.54) is 33.8 Å². The summed E-state index contributed by atoms with van der Waals surface area (Å²) in [6.45, 7) is 16.0. The van der Waals surface area contributed by atoms with Gasteiger partial charge in [0.1, 0.15) is 5.82 Å². The van der Waals surface area contributed by atoms with Crippen LogP contribution in [0.5, 0.6) is 0 Å². The van der Waals surface area contributed by atoms with Gasteiger partial charge in [-0.2, -0.15) is 5.10 Å². The van der Waals surface area contributed by atoms with E-state index in [4.69, 9.17) is 5.10 Å². The average molecular weight is 460 g/mol. The van der Waals surface area contributed by atoms with Crippen LogP contribution in [0.1, 0.15) is 48.7 Å². The summed E-state index contributed by atoms with van der Waals surface area (Å²) in [5.41, 5.74) is 7.81. The van der Waals surface area contributed by atoms with Crippen molar-refractivity contribution in [3.05, 3.63) is 76.5 Å². The Morgan fingerprint density at radius 3 is 2.18 bits per heavy atom. The average Bonchev–Trinajstić information content (AvgIpc) is 3.22. The second-order valence-electron chi connectivity index (χ2n) is 9.62. The van der Waals surface area contributed by atoms with Gasteiger partial charge in [-0.25, -0.2) is 4.68 Å². The molecule has 0 amide bonds. The van der Waals surface area contributed by atoms with Crippen LogP contribution < -0.4 is 4.90 Å². The van der Waals surface area contributed by atoms with E-state index in [1.54, 1.807) is 0 Å². The van der Waals surface area contributed by atoms with E-state index in [9.17, 15) is 0 Å². The van der Waals surface area contributed by atoms with Crippen LogP contribution in [0.3, 0.4) is 0 Å². The number of rotatable bonds is 9. The van der Waals surface area contributed by atoms with Crippen molar-refractivity contribution in [2.75, 3.05) is 44.7 Å². The summed E-state index contributed by atoms with van der Waals surface area (Å²) < 4.78 is 2.22. The largest absolute Gasteiger partial charge is 0.354 e. The van der Waals surface area contributed by atoms with Gasteiger partial charge in [-0.05, 0) is 62.2 Å². The van der Waals surface area contributed by atoms with Gasteiger partial charge in [0.15, 0.2) is 0 Å². The quantitative estimate of drug-likeness (QED) is 0.446. The van der Waals surface area contributed by atoms with E-state index in [2.05, 4.69) is 103 Å². The van der Waals surface area contributed by atoms with E-state index in [0.717, 1.165) is 64.3 Å². The van der Waals surface area contributed by atoms with E-state index in [-0.39, 0.29) is 0 Å². The lowest BCUT2D eigenvalue weighted by atomic mass is 10.1. The zero-order valence-corrected chi connectivity index (χ0v) is 21.7. The molecule has 0 saturated carbocycles. The first-order valence-corrected chi connectivity index (χ1v) is 12.9. The maximum Gasteiger partial charge on any atom is 0.137 e. The van der Waals surface area contributed by atoms with Crippen LogP contribution in [-0.4, -0.2) is 59.4 Å². The van der Waals surface area contributed by atoms with Gasteiger partial charge in [0.05, 0.1) is 11.4 Å². The molecule has 0 bridgehead atoms. The van der Waals surface area contributed by atoms with Crippen molar-refractivity contribution in [3.63, 3.8) is 0 Å². The molecule has 0 aliphatic carbocycles. The molecule has 34 heavy (non-hydrogen) atoms. The predicted molar refractivity (Wildman–Crippen MR) is 143 cm³/mol. The van der Waals surface area contributed by atoms with Crippen molar-refractivity contribution >= 4 is 5.82 Å². The minimum Gasteiger partial charge on any atom is -0.354 e. The highest BCUT2D eigenvalue weighted by Crippen LogP contribution is 2.31. The molecule has 0 N–H and O–H groups in total. The van der Waals surface area contributed by atoms with Crippen LogP contribution in [0.25, 0.3) is 5.69 Å². The second kappa shape index (κ2) is 11.2. The van der Waals surface area contributed by atoms with Gasteiger partial charge >= 0.3 is 0 Å². The normalized spacial score (nSPS) is 14.8. The molecule has 0 unspecified atom stereocenters. The molecule has 182 valence electrons. The molecular weight excluding hydrogens is 418 g/mol. The molecule has 2 aromatic carbocycles. The van der Waals surface area contributed by atoms with Gasteiger partial charge in [0, 0.05) is 44.8 Å². The smallest absolute Gasteiger partial charge is 0.137 e. The molecule has 0 atom stereocenters. The fourth-order valence-corrected chi connectivity index (χ4v) is 4.86. The summed E-state index contributed by atoms with van der Waals surface area (Å²) >= 11 is 0. The number of aromatic nitrogens is 2. The number of likely N-dealkylation sites (N-methyl/N-ethyl adjacent to an activating group) is 1. The van der Waals surface area contributed by atoms with Crippen molar-refractivity contribution in [1.29, 1.82) is 0 Å². The minimum atomic E-state index is 0.919. The Hall–Kier alpha value is -2.63. The van der Waals surface area contributed by atoms with Crippen molar-refractivity contribution in [1.82, 2.24) is 19.6 Å². The Morgan fingerprint density at radius 2 is 1.56 bits per heavy atom. The highest BCUT2D eigenvalue weighted by molar-refractivity contribution is 5.56. The number of aryl methyl sites for hydroxylation is 3. The van der Waals surface area contributed by atoms with Gasteiger partial charge in [-0.1, -0.05) is 57.2 Å². The molecular formula is C29H41N5. The van der Waals surface area contributed by atoms with Crippen molar-refractivity contribution in [2.45, 2.75) is 53.6 Å². The first kappa shape index (κ1) is 24.5. The number of hydrogen-bond acceptors (Lipinski definition) is 4. The first-order chi connectivity index (χ1) is 16.5. The molecule has 5 heteroatoms. The fourth-order valence-electron chi connectivity index (χ4n) is 4.86. The zero-order valence-electron chi connectivity index (χ0n) is 21.7. The van der Waals surface area contributed by atoms with Crippen LogP contribution in [0.2, 0.25) is 0 Å².